The molecule has 3 aromatic carbocycles. The van der Waals surface area contributed by atoms with Crippen LogP contribution in [0.1, 0.15) is 28.8 Å². The van der Waals surface area contributed by atoms with Gasteiger partial charge >= 0.3 is 0 Å². The molecule has 0 saturated heterocycles. The van der Waals surface area contributed by atoms with Gasteiger partial charge in [0.15, 0.2) is 11.7 Å². The first-order chi connectivity index (χ1) is 13.8. The van der Waals surface area contributed by atoms with Crippen molar-refractivity contribution in [3.63, 3.8) is 0 Å². The van der Waals surface area contributed by atoms with Gasteiger partial charge < -0.3 is 9.72 Å². The lowest BCUT2D eigenvalue weighted by Crippen LogP contribution is -2.24. The van der Waals surface area contributed by atoms with E-state index in [2.05, 4.69) is 16.0 Å². The van der Waals surface area contributed by atoms with Gasteiger partial charge in [0.25, 0.3) is 0 Å². The summed E-state index contributed by atoms with van der Waals surface area (Å²) in [6.07, 6.45) is 0. The summed E-state index contributed by atoms with van der Waals surface area (Å²) in [7, 11) is 0. The second-order valence-corrected chi connectivity index (χ2v) is 6.71. The predicted octanol–water partition coefficient (Wildman–Crippen LogP) is 4.68. The molecular weight excluding hydrogens is 350 g/mol. The minimum absolute atomic E-state index is 0.218. The average Bonchev–Trinajstić information content (AvgIpc) is 3.16. The van der Waals surface area contributed by atoms with E-state index in [0.717, 1.165) is 22.2 Å². The Morgan fingerprint density at radius 3 is 2.21 bits per heavy atom. The first-order valence-corrected chi connectivity index (χ1v) is 9.00. The number of benzene rings is 3. The third kappa shape index (κ3) is 2.47. The second kappa shape index (κ2) is 6.36. The normalized spacial score (nSPS) is 13.8. The summed E-state index contributed by atoms with van der Waals surface area (Å²) in [5.41, 5.74) is 3.07. The number of H-pyrrole nitrogens is 1. The van der Waals surface area contributed by atoms with Crippen LogP contribution in [-0.4, -0.2) is 15.8 Å². The minimum atomic E-state index is -1.00. The van der Waals surface area contributed by atoms with E-state index in [1.807, 2.05) is 72.8 Å². The van der Waals surface area contributed by atoms with Crippen LogP contribution in [0, 0.1) is 11.3 Å². The molecular formula is C23H15N3O2. The van der Waals surface area contributed by atoms with Crippen LogP contribution in [0.5, 0.6) is 11.5 Å². The summed E-state index contributed by atoms with van der Waals surface area (Å²) < 4.78 is 5.97. The molecule has 2 heterocycles. The van der Waals surface area contributed by atoms with E-state index in [-0.39, 0.29) is 5.78 Å². The van der Waals surface area contributed by atoms with Crippen molar-refractivity contribution in [1.29, 1.82) is 5.26 Å². The molecule has 5 nitrogen and oxygen atoms in total. The number of Topliss-reactive ketones (excluding diaryl/α,β-unsaturated/α-hetero) is 1. The molecule has 5 rings (SSSR count). The van der Waals surface area contributed by atoms with Crippen molar-refractivity contribution < 1.29 is 9.53 Å². The SMILES string of the molecule is N#C[C@@H](C(=O)C1c2ccccc2Oc2ccccc21)c1nc2ccccc2[nH]1. The molecule has 0 radical (unpaired) electrons. The van der Waals surface area contributed by atoms with Crippen LogP contribution < -0.4 is 4.74 Å². The molecule has 1 N–H and O–H groups in total. The summed E-state index contributed by atoms with van der Waals surface area (Å²) in [6, 6.07) is 24.6. The topological polar surface area (TPSA) is 78.8 Å². The number of carbonyl (C=O) groups excluding carboxylic acids is 1. The number of aromatic amines is 1. The molecule has 0 unspecified atom stereocenters. The fraction of sp³-hybridized carbons (Fsp3) is 0.0870. The zero-order valence-electron chi connectivity index (χ0n) is 14.8. The number of para-hydroxylation sites is 4. The first kappa shape index (κ1) is 16.3. The lowest BCUT2D eigenvalue weighted by Gasteiger charge is -2.28. The van der Waals surface area contributed by atoms with E-state index in [1.54, 1.807) is 0 Å². The Labute approximate surface area is 161 Å². The van der Waals surface area contributed by atoms with Crippen molar-refractivity contribution in [3.8, 4) is 17.6 Å². The van der Waals surface area contributed by atoms with Gasteiger partial charge in [0.1, 0.15) is 17.3 Å². The summed E-state index contributed by atoms with van der Waals surface area (Å²) in [5.74, 6) is -0.155. The highest BCUT2D eigenvalue weighted by molar-refractivity contribution is 5.98. The third-order valence-corrected chi connectivity index (χ3v) is 5.06. The molecule has 4 aromatic rings. The Morgan fingerprint density at radius 1 is 0.964 bits per heavy atom. The van der Waals surface area contributed by atoms with Crippen molar-refractivity contribution in [1.82, 2.24) is 9.97 Å². The highest BCUT2D eigenvalue weighted by Crippen LogP contribution is 2.45. The summed E-state index contributed by atoms with van der Waals surface area (Å²) in [6.45, 7) is 0. The van der Waals surface area contributed by atoms with Gasteiger partial charge in [-0.05, 0) is 24.3 Å². The van der Waals surface area contributed by atoms with Crippen molar-refractivity contribution >= 4 is 16.8 Å². The zero-order chi connectivity index (χ0) is 19.1. The Bertz CT molecular complexity index is 1170. The molecule has 134 valence electrons. The zero-order valence-corrected chi connectivity index (χ0v) is 14.8. The molecule has 0 amide bonds. The lowest BCUT2D eigenvalue weighted by atomic mass is 9.80. The maximum Gasteiger partial charge on any atom is 0.169 e. The van der Waals surface area contributed by atoms with E-state index in [4.69, 9.17) is 4.74 Å². The van der Waals surface area contributed by atoms with Crippen molar-refractivity contribution in [3.05, 3.63) is 89.7 Å². The number of carbonyl (C=O) groups is 1. The highest BCUT2D eigenvalue weighted by atomic mass is 16.5. The Hall–Kier alpha value is -3.91. The van der Waals surface area contributed by atoms with E-state index >= 15 is 0 Å². The number of nitrogens with one attached hydrogen (secondary N) is 1. The number of ether oxygens (including phenoxy) is 1. The number of imidazole rings is 1. The maximum atomic E-state index is 13.6. The van der Waals surface area contributed by atoms with E-state index in [1.165, 1.54) is 0 Å². The fourth-order valence-corrected chi connectivity index (χ4v) is 3.75. The van der Waals surface area contributed by atoms with E-state index in [9.17, 15) is 10.1 Å². The van der Waals surface area contributed by atoms with Crippen molar-refractivity contribution in [2.75, 3.05) is 0 Å². The van der Waals surface area contributed by atoms with Crippen LogP contribution in [0.2, 0.25) is 0 Å². The largest absolute Gasteiger partial charge is 0.457 e. The number of aromatic nitrogens is 2. The molecule has 0 spiro atoms. The minimum Gasteiger partial charge on any atom is -0.457 e. The summed E-state index contributed by atoms with van der Waals surface area (Å²) in [4.78, 5) is 21.2. The average molecular weight is 365 g/mol. The quantitative estimate of drug-likeness (QED) is 0.572. The van der Waals surface area contributed by atoms with Crippen LogP contribution in [-0.2, 0) is 4.79 Å². The number of hydrogen-bond donors (Lipinski definition) is 1. The first-order valence-electron chi connectivity index (χ1n) is 9.00. The van der Waals surface area contributed by atoms with E-state index in [0.29, 0.717) is 17.3 Å². The molecule has 1 aromatic heterocycles. The van der Waals surface area contributed by atoms with Crippen LogP contribution in [0.4, 0.5) is 0 Å². The van der Waals surface area contributed by atoms with Crippen molar-refractivity contribution in [2.45, 2.75) is 11.8 Å². The van der Waals surface area contributed by atoms with Gasteiger partial charge in [0.2, 0.25) is 0 Å². The monoisotopic (exact) mass is 365 g/mol. The third-order valence-electron chi connectivity index (χ3n) is 5.06. The van der Waals surface area contributed by atoms with Crippen LogP contribution in [0.15, 0.2) is 72.8 Å². The predicted molar refractivity (Wildman–Crippen MR) is 104 cm³/mol. The maximum absolute atomic E-state index is 13.6. The number of hydrogen-bond acceptors (Lipinski definition) is 4. The van der Waals surface area contributed by atoms with Gasteiger partial charge in [-0.1, -0.05) is 48.5 Å². The molecule has 0 aliphatic carbocycles. The molecule has 1 atom stereocenters. The molecule has 5 heteroatoms. The van der Waals surface area contributed by atoms with Gasteiger partial charge in [-0.3, -0.25) is 4.79 Å². The molecule has 1 aliphatic rings. The highest BCUT2D eigenvalue weighted by Gasteiger charge is 2.38. The number of fused-ring (bicyclic) bond motifs is 3. The molecule has 0 bridgehead atoms. The van der Waals surface area contributed by atoms with Gasteiger partial charge in [-0.25, -0.2) is 4.98 Å². The second-order valence-electron chi connectivity index (χ2n) is 6.71. The number of ketones is 1. The van der Waals surface area contributed by atoms with Gasteiger partial charge in [-0.2, -0.15) is 5.26 Å². The van der Waals surface area contributed by atoms with Crippen LogP contribution in [0.3, 0.4) is 0 Å². The molecule has 28 heavy (non-hydrogen) atoms. The standard InChI is InChI=1S/C23H15N3O2/c24-13-16(23-25-17-9-3-4-10-18(17)26-23)22(27)21-14-7-1-5-11-19(14)28-20-12-6-2-8-15(20)21/h1-12,16,21H,(H,25,26)/t16-/m0/s1. The molecule has 0 saturated carbocycles. The van der Waals surface area contributed by atoms with E-state index < -0.39 is 11.8 Å². The smallest absolute Gasteiger partial charge is 0.169 e. The summed E-state index contributed by atoms with van der Waals surface area (Å²) >= 11 is 0. The molecule has 1 aliphatic heterocycles. The van der Waals surface area contributed by atoms with Gasteiger partial charge in [-0.15, -0.1) is 0 Å². The Kier molecular flexibility index (Phi) is 3.70. The Morgan fingerprint density at radius 2 is 1.57 bits per heavy atom. The van der Waals surface area contributed by atoms with Crippen molar-refractivity contribution in [2.24, 2.45) is 0 Å². The molecule has 0 fully saturated rings. The summed E-state index contributed by atoms with van der Waals surface area (Å²) in [5, 5.41) is 9.84. The Balaban J connectivity index is 1.63. The number of nitrogens with zero attached hydrogens (tertiary/aromatic N) is 2. The number of nitriles is 1. The number of rotatable bonds is 3. The van der Waals surface area contributed by atoms with Gasteiger partial charge in [0, 0.05) is 11.1 Å². The van der Waals surface area contributed by atoms with Crippen LogP contribution in [0.25, 0.3) is 11.0 Å². The lowest BCUT2D eigenvalue weighted by molar-refractivity contribution is -0.120. The van der Waals surface area contributed by atoms with Crippen LogP contribution >= 0.6 is 0 Å². The fourth-order valence-electron chi connectivity index (χ4n) is 3.75. The van der Waals surface area contributed by atoms with Gasteiger partial charge in [0.05, 0.1) is 23.0 Å².